The Balaban J connectivity index is 1.28. The number of aliphatic hydroxyl groups is 2. The summed E-state index contributed by atoms with van der Waals surface area (Å²) in [6.45, 7) is 1.34. The first-order valence-corrected chi connectivity index (χ1v) is 11.6. The average Bonchev–Trinajstić information content (AvgIpc) is 2.89. The fourth-order valence-corrected chi connectivity index (χ4v) is 3.68. The molecular formula is C30H30O4. The molecule has 0 fully saturated rings. The van der Waals surface area contributed by atoms with Gasteiger partial charge in [0, 0.05) is 13.2 Å². The number of hydrogen-bond donors (Lipinski definition) is 2. The van der Waals surface area contributed by atoms with Crippen LogP contribution in [0.4, 0.5) is 0 Å². The maximum absolute atomic E-state index is 9.01. The van der Waals surface area contributed by atoms with Gasteiger partial charge in [-0.2, -0.15) is 0 Å². The number of rotatable bonds is 11. The van der Waals surface area contributed by atoms with E-state index in [9.17, 15) is 0 Å². The summed E-state index contributed by atoms with van der Waals surface area (Å²) in [4.78, 5) is 0. The number of aliphatic hydroxyl groups excluding tert-OH is 2. The van der Waals surface area contributed by atoms with E-state index in [1.165, 1.54) is 0 Å². The molecule has 2 N–H and O–H groups in total. The molecule has 0 aliphatic heterocycles. The van der Waals surface area contributed by atoms with E-state index in [2.05, 4.69) is 48.5 Å². The highest BCUT2D eigenvalue weighted by Gasteiger charge is 2.02. The SMILES string of the molecule is OCCc1ccc(OCc2ccc(-c3ccc(COc4ccc(CCO)cc4)cc3)cc2)cc1. The molecule has 0 amide bonds. The van der Waals surface area contributed by atoms with Gasteiger partial charge >= 0.3 is 0 Å². The second kappa shape index (κ2) is 12.0. The molecule has 4 aromatic rings. The largest absolute Gasteiger partial charge is 0.489 e. The van der Waals surface area contributed by atoms with Crippen LogP contribution in [0.5, 0.6) is 11.5 Å². The molecule has 0 aromatic heterocycles. The van der Waals surface area contributed by atoms with Gasteiger partial charge in [-0.1, -0.05) is 72.8 Å². The van der Waals surface area contributed by atoms with Crippen LogP contribution in [-0.2, 0) is 26.1 Å². The third kappa shape index (κ3) is 6.70. The lowest BCUT2D eigenvalue weighted by Crippen LogP contribution is -1.97. The standard InChI is InChI=1S/C30H30O4/c31-19-17-23-5-13-29(14-6-23)33-21-25-1-9-27(10-2-25)28-11-3-26(4-12-28)22-34-30-15-7-24(8-16-30)18-20-32/h1-16,31-32H,17-22H2. The van der Waals surface area contributed by atoms with Crippen molar-refractivity contribution in [2.75, 3.05) is 13.2 Å². The smallest absolute Gasteiger partial charge is 0.119 e. The third-order valence-electron chi connectivity index (χ3n) is 5.70. The van der Waals surface area contributed by atoms with E-state index in [0.29, 0.717) is 26.1 Å². The van der Waals surface area contributed by atoms with Crippen LogP contribution in [0.25, 0.3) is 11.1 Å². The van der Waals surface area contributed by atoms with E-state index >= 15 is 0 Å². The van der Waals surface area contributed by atoms with Crippen LogP contribution >= 0.6 is 0 Å². The van der Waals surface area contributed by atoms with E-state index < -0.39 is 0 Å². The van der Waals surface area contributed by atoms with Gasteiger partial charge in [0.25, 0.3) is 0 Å². The van der Waals surface area contributed by atoms with Crippen molar-refractivity contribution in [2.45, 2.75) is 26.1 Å². The van der Waals surface area contributed by atoms with Crippen molar-refractivity contribution in [2.24, 2.45) is 0 Å². The van der Waals surface area contributed by atoms with Crippen molar-refractivity contribution >= 4 is 0 Å². The predicted octanol–water partition coefficient (Wildman–Crippen LogP) is 5.58. The Morgan fingerprint density at radius 2 is 0.735 bits per heavy atom. The van der Waals surface area contributed by atoms with Crippen molar-refractivity contribution in [1.29, 1.82) is 0 Å². The Labute approximate surface area is 201 Å². The number of hydrogen-bond acceptors (Lipinski definition) is 4. The maximum Gasteiger partial charge on any atom is 0.119 e. The van der Waals surface area contributed by atoms with Crippen molar-refractivity contribution < 1.29 is 19.7 Å². The van der Waals surface area contributed by atoms with Crippen molar-refractivity contribution in [3.05, 3.63) is 119 Å². The highest BCUT2D eigenvalue weighted by Crippen LogP contribution is 2.22. The first kappa shape index (κ1) is 23.6. The molecule has 4 aromatic carbocycles. The van der Waals surface area contributed by atoms with Gasteiger partial charge in [0.1, 0.15) is 24.7 Å². The van der Waals surface area contributed by atoms with Gasteiger partial charge in [0.05, 0.1) is 0 Å². The summed E-state index contributed by atoms with van der Waals surface area (Å²) in [5, 5.41) is 18.0. The van der Waals surface area contributed by atoms with Gasteiger partial charge < -0.3 is 19.7 Å². The molecule has 0 bridgehead atoms. The zero-order valence-corrected chi connectivity index (χ0v) is 19.2. The Kier molecular flexibility index (Phi) is 8.33. The van der Waals surface area contributed by atoms with E-state index in [1.54, 1.807) is 0 Å². The van der Waals surface area contributed by atoms with Gasteiger partial charge in [-0.3, -0.25) is 0 Å². The van der Waals surface area contributed by atoms with Crippen LogP contribution in [0.15, 0.2) is 97.1 Å². The lowest BCUT2D eigenvalue weighted by molar-refractivity contribution is 0.298. The first-order valence-electron chi connectivity index (χ1n) is 11.6. The molecule has 0 aliphatic rings. The normalized spacial score (nSPS) is 10.8. The third-order valence-corrected chi connectivity index (χ3v) is 5.70. The zero-order valence-electron chi connectivity index (χ0n) is 19.2. The van der Waals surface area contributed by atoms with Crippen LogP contribution in [-0.4, -0.2) is 23.4 Å². The fourth-order valence-electron chi connectivity index (χ4n) is 3.68. The molecule has 174 valence electrons. The van der Waals surface area contributed by atoms with Gasteiger partial charge in [-0.25, -0.2) is 0 Å². The molecule has 34 heavy (non-hydrogen) atoms. The van der Waals surface area contributed by atoms with Crippen LogP contribution < -0.4 is 9.47 Å². The Morgan fingerprint density at radius 1 is 0.412 bits per heavy atom. The van der Waals surface area contributed by atoms with Crippen molar-refractivity contribution in [3.63, 3.8) is 0 Å². The minimum absolute atomic E-state index is 0.157. The summed E-state index contributed by atoms with van der Waals surface area (Å²) in [6.07, 6.45) is 1.32. The summed E-state index contributed by atoms with van der Waals surface area (Å²) in [5.74, 6) is 1.65. The molecule has 0 spiro atoms. The van der Waals surface area contributed by atoms with Crippen molar-refractivity contribution in [3.8, 4) is 22.6 Å². The molecule has 0 saturated carbocycles. The summed E-state index contributed by atoms with van der Waals surface area (Å²) in [5.41, 5.74) is 6.74. The monoisotopic (exact) mass is 454 g/mol. The molecule has 0 heterocycles. The number of benzene rings is 4. The molecule has 0 radical (unpaired) electrons. The van der Waals surface area contributed by atoms with Crippen LogP contribution in [0, 0.1) is 0 Å². The zero-order chi connectivity index (χ0) is 23.6. The summed E-state index contributed by atoms with van der Waals surface area (Å²) < 4.78 is 11.8. The van der Waals surface area contributed by atoms with E-state index in [-0.39, 0.29) is 13.2 Å². The molecule has 0 atom stereocenters. The minimum atomic E-state index is 0.157. The number of ether oxygens (including phenoxy) is 2. The highest BCUT2D eigenvalue weighted by atomic mass is 16.5. The summed E-state index contributed by atoms with van der Waals surface area (Å²) in [7, 11) is 0. The van der Waals surface area contributed by atoms with Gasteiger partial charge in [-0.15, -0.1) is 0 Å². The highest BCUT2D eigenvalue weighted by molar-refractivity contribution is 5.64. The minimum Gasteiger partial charge on any atom is -0.489 e. The van der Waals surface area contributed by atoms with E-state index in [1.807, 2.05) is 48.5 Å². The Bertz CT molecular complexity index is 1040. The molecule has 0 saturated heterocycles. The first-order chi connectivity index (χ1) is 16.7. The van der Waals surface area contributed by atoms with Crippen LogP contribution in [0.1, 0.15) is 22.3 Å². The molecule has 4 heteroatoms. The van der Waals surface area contributed by atoms with E-state index in [0.717, 1.165) is 44.9 Å². The second-order valence-electron chi connectivity index (χ2n) is 8.21. The average molecular weight is 455 g/mol. The lowest BCUT2D eigenvalue weighted by atomic mass is 10.0. The van der Waals surface area contributed by atoms with Gasteiger partial charge in [0.15, 0.2) is 0 Å². The van der Waals surface area contributed by atoms with Gasteiger partial charge in [-0.05, 0) is 70.5 Å². The lowest BCUT2D eigenvalue weighted by Gasteiger charge is -2.10. The molecular weight excluding hydrogens is 424 g/mol. The fraction of sp³-hybridized carbons (Fsp3) is 0.200. The molecule has 4 rings (SSSR count). The Hall–Kier alpha value is -3.60. The molecule has 0 unspecified atom stereocenters. The topological polar surface area (TPSA) is 58.9 Å². The quantitative estimate of drug-likeness (QED) is 0.311. The van der Waals surface area contributed by atoms with E-state index in [4.69, 9.17) is 19.7 Å². The van der Waals surface area contributed by atoms with Crippen LogP contribution in [0.3, 0.4) is 0 Å². The molecule has 0 aliphatic carbocycles. The Morgan fingerprint density at radius 3 is 1.06 bits per heavy atom. The van der Waals surface area contributed by atoms with Crippen LogP contribution in [0.2, 0.25) is 0 Å². The maximum atomic E-state index is 9.01. The molecule has 4 nitrogen and oxygen atoms in total. The summed E-state index contributed by atoms with van der Waals surface area (Å²) >= 11 is 0. The summed E-state index contributed by atoms with van der Waals surface area (Å²) in [6, 6.07) is 32.5. The van der Waals surface area contributed by atoms with Gasteiger partial charge in [0.2, 0.25) is 0 Å². The predicted molar refractivity (Wildman–Crippen MR) is 135 cm³/mol. The second-order valence-corrected chi connectivity index (χ2v) is 8.21. The van der Waals surface area contributed by atoms with Crippen molar-refractivity contribution in [1.82, 2.24) is 0 Å².